The third-order valence-corrected chi connectivity index (χ3v) is 12.6. The number of hydrogen-bond donors (Lipinski definition) is 0. The molecule has 0 atom stereocenters. The molecule has 4 aromatic heterocycles. The monoisotopic (exact) mass is 778 g/mol. The van der Waals surface area contributed by atoms with Crippen molar-refractivity contribution >= 4 is 76.5 Å². The van der Waals surface area contributed by atoms with Crippen molar-refractivity contribution in [1.82, 2.24) is 19.5 Å². The van der Waals surface area contributed by atoms with Crippen LogP contribution in [0.2, 0.25) is 0 Å². The van der Waals surface area contributed by atoms with Gasteiger partial charge in [0.2, 0.25) is 0 Å². The molecule has 14 rings (SSSR count). The van der Waals surface area contributed by atoms with Gasteiger partial charge in [-0.25, -0.2) is 15.0 Å². The molecule has 61 heavy (non-hydrogen) atoms. The lowest BCUT2D eigenvalue weighted by Gasteiger charge is -2.14. The van der Waals surface area contributed by atoms with Gasteiger partial charge in [0.05, 0.1) is 16.7 Å². The van der Waals surface area contributed by atoms with Crippen molar-refractivity contribution in [3.63, 3.8) is 0 Å². The highest BCUT2D eigenvalue weighted by atomic mass is 16.3. The smallest absolute Gasteiger partial charge is 0.164 e. The van der Waals surface area contributed by atoms with Gasteiger partial charge in [0.1, 0.15) is 16.7 Å². The molecule has 0 saturated heterocycles. The summed E-state index contributed by atoms with van der Waals surface area (Å²) < 4.78 is 15.6. The molecule has 0 N–H and O–H groups in total. The van der Waals surface area contributed by atoms with Crippen LogP contribution in [0.25, 0.3) is 139 Å². The maximum absolute atomic E-state index is 6.99. The van der Waals surface area contributed by atoms with Crippen LogP contribution in [0.5, 0.6) is 0 Å². The van der Waals surface area contributed by atoms with E-state index in [0.29, 0.717) is 17.5 Å². The Balaban J connectivity index is 1.06. The predicted molar refractivity (Wildman–Crippen MR) is 247 cm³/mol. The zero-order valence-electron chi connectivity index (χ0n) is 32.4. The summed E-state index contributed by atoms with van der Waals surface area (Å²) in [4.78, 5) is 15.6. The number of rotatable bonds is 4. The largest absolute Gasteiger partial charge is 0.456 e. The number of benzene rings is 9. The molecule has 0 radical (unpaired) electrons. The van der Waals surface area contributed by atoms with Crippen LogP contribution in [0.15, 0.2) is 191 Å². The Hall–Kier alpha value is -8.35. The summed E-state index contributed by atoms with van der Waals surface area (Å²) in [5.41, 5.74) is 14.0. The van der Waals surface area contributed by atoms with E-state index in [0.717, 1.165) is 77.3 Å². The maximum Gasteiger partial charge on any atom is 0.164 e. The number of aromatic nitrogens is 4. The summed E-state index contributed by atoms with van der Waals surface area (Å²) in [6.45, 7) is 0. The van der Waals surface area contributed by atoms with Crippen LogP contribution >= 0.6 is 0 Å². The van der Waals surface area contributed by atoms with Gasteiger partial charge in [-0.05, 0) is 87.6 Å². The predicted octanol–water partition coefficient (Wildman–Crippen LogP) is 14.6. The van der Waals surface area contributed by atoms with Gasteiger partial charge in [-0.2, -0.15) is 0 Å². The summed E-state index contributed by atoms with van der Waals surface area (Å²) in [5, 5.41) is 8.99. The van der Waals surface area contributed by atoms with Gasteiger partial charge in [0, 0.05) is 49.0 Å². The summed E-state index contributed by atoms with van der Waals surface area (Å²) in [6.07, 6.45) is 0. The van der Waals surface area contributed by atoms with E-state index in [4.69, 9.17) is 23.8 Å². The summed E-state index contributed by atoms with van der Waals surface area (Å²) >= 11 is 0. The average molecular weight is 779 g/mol. The van der Waals surface area contributed by atoms with E-state index in [1.165, 1.54) is 43.8 Å². The van der Waals surface area contributed by atoms with Gasteiger partial charge in [-0.1, -0.05) is 127 Å². The number of hydrogen-bond acceptors (Lipinski definition) is 5. The topological polar surface area (TPSA) is 69.9 Å². The lowest BCUT2D eigenvalue weighted by Crippen LogP contribution is -2.01. The van der Waals surface area contributed by atoms with Crippen LogP contribution in [-0.4, -0.2) is 19.5 Å². The van der Waals surface area contributed by atoms with Crippen LogP contribution in [-0.2, 0) is 0 Å². The second-order valence-electron chi connectivity index (χ2n) is 15.9. The molecule has 13 aromatic rings. The van der Waals surface area contributed by atoms with Gasteiger partial charge in [-0.15, -0.1) is 0 Å². The number of furan rings is 2. The van der Waals surface area contributed by atoms with Crippen molar-refractivity contribution < 1.29 is 8.83 Å². The van der Waals surface area contributed by atoms with Crippen LogP contribution in [0.4, 0.5) is 0 Å². The molecule has 6 nitrogen and oxygen atoms in total. The van der Waals surface area contributed by atoms with Crippen molar-refractivity contribution in [3.05, 3.63) is 182 Å². The van der Waals surface area contributed by atoms with Gasteiger partial charge in [0.15, 0.2) is 23.1 Å². The molecular weight excluding hydrogens is 749 g/mol. The highest BCUT2D eigenvalue weighted by Gasteiger charge is 2.27. The first-order valence-electron chi connectivity index (χ1n) is 20.5. The van der Waals surface area contributed by atoms with E-state index in [9.17, 15) is 0 Å². The zero-order chi connectivity index (χ0) is 39.8. The minimum Gasteiger partial charge on any atom is -0.456 e. The van der Waals surface area contributed by atoms with E-state index in [-0.39, 0.29) is 0 Å². The van der Waals surface area contributed by atoms with Gasteiger partial charge in [-0.3, -0.25) is 0 Å². The Labute approximate surface area is 347 Å². The van der Waals surface area contributed by atoms with Crippen LogP contribution in [0.1, 0.15) is 0 Å². The molecule has 1 aliphatic rings. The van der Waals surface area contributed by atoms with Gasteiger partial charge < -0.3 is 13.4 Å². The molecule has 0 aliphatic heterocycles. The van der Waals surface area contributed by atoms with Crippen molar-refractivity contribution in [1.29, 1.82) is 0 Å². The zero-order valence-corrected chi connectivity index (χ0v) is 32.4. The number of para-hydroxylation sites is 2. The van der Waals surface area contributed by atoms with E-state index in [1.54, 1.807) is 0 Å². The number of nitrogens with zero attached hydrogens (tertiary/aromatic N) is 4. The Morgan fingerprint density at radius 1 is 0.344 bits per heavy atom. The molecule has 282 valence electrons. The molecule has 6 heteroatoms. The fraction of sp³-hybridized carbons (Fsp3) is 0. The Morgan fingerprint density at radius 3 is 1.82 bits per heavy atom. The van der Waals surface area contributed by atoms with Crippen LogP contribution in [0.3, 0.4) is 0 Å². The van der Waals surface area contributed by atoms with Crippen molar-refractivity contribution in [2.45, 2.75) is 0 Å². The lowest BCUT2D eigenvalue weighted by molar-refractivity contribution is 0.666. The average Bonchev–Trinajstić information content (AvgIpc) is 3.98. The third kappa shape index (κ3) is 4.53. The minimum atomic E-state index is 0.565. The SMILES string of the molecule is c1ccc(-c2nc(-c3ccc4oc5ccccc5c4c3)nc(-c3ccc(-n4c5cccc6c5c5c7c(cccc7ccc54)-c4ccccc4-6)c4oc5ccccc5c34)n2)cc1. The van der Waals surface area contributed by atoms with Crippen LogP contribution < -0.4 is 0 Å². The summed E-state index contributed by atoms with van der Waals surface area (Å²) in [5.74, 6) is 1.73. The summed E-state index contributed by atoms with van der Waals surface area (Å²) in [6, 6.07) is 63.7. The second-order valence-corrected chi connectivity index (χ2v) is 15.9. The Morgan fingerprint density at radius 2 is 0.984 bits per heavy atom. The molecule has 0 spiro atoms. The first kappa shape index (κ1) is 32.6. The third-order valence-electron chi connectivity index (χ3n) is 12.6. The standard InChI is InChI=1S/C55H30N4O2/c1-2-12-32(13-3-1)53-56-54(33-25-29-47-41(30-33)36-17-6-8-22-45(36)60-47)58-55(57-53)40-26-28-44(52-49(40)39-18-7-9-23-46(39)61-52)59-42-21-11-20-38-35-16-5-4-15-34(35)37-19-10-14-31-24-27-43(59)51(48(31)37)50(38)42/h1-30H. The maximum atomic E-state index is 6.99. The van der Waals surface area contributed by atoms with E-state index < -0.39 is 0 Å². The molecular formula is C55H30N4O2. The fourth-order valence-electron chi connectivity index (χ4n) is 9.97. The highest BCUT2D eigenvalue weighted by Crippen LogP contribution is 2.50. The quantitative estimate of drug-likeness (QED) is 0.178. The minimum absolute atomic E-state index is 0.565. The second kappa shape index (κ2) is 12.1. The first-order chi connectivity index (χ1) is 30.2. The van der Waals surface area contributed by atoms with Crippen molar-refractivity contribution in [2.24, 2.45) is 0 Å². The molecule has 0 amide bonds. The molecule has 0 bridgehead atoms. The highest BCUT2D eigenvalue weighted by molar-refractivity contribution is 6.31. The van der Waals surface area contributed by atoms with Gasteiger partial charge in [0.25, 0.3) is 0 Å². The van der Waals surface area contributed by atoms with Gasteiger partial charge >= 0.3 is 0 Å². The Kier molecular flexibility index (Phi) is 6.46. The number of fused-ring (bicyclic) bond motifs is 9. The Bertz CT molecular complexity index is 4010. The van der Waals surface area contributed by atoms with Crippen molar-refractivity contribution in [3.8, 4) is 62.1 Å². The van der Waals surface area contributed by atoms with Crippen molar-refractivity contribution in [2.75, 3.05) is 0 Å². The molecule has 1 aliphatic carbocycles. The molecule has 0 saturated carbocycles. The lowest BCUT2D eigenvalue weighted by atomic mass is 9.93. The van der Waals surface area contributed by atoms with Crippen LogP contribution in [0, 0.1) is 0 Å². The first-order valence-corrected chi connectivity index (χ1v) is 20.5. The molecule has 4 heterocycles. The normalized spacial score (nSPS) is 12.3. The van der Waals surface area contributed by atoms with E-state index >= 15 is 0 Å². The van der Waals surface area contributed by atoms with E-state index in [2.05, 4.69) is 114 Å². The molecule has 0 unspecified atom stereocenters. The summed E-state index contributed by atoms with van der Waals surface area (Å²) in [7, 11) is 0. The van der Waals surface area contributed by atoms with E-state index in [1.807, 2.05) is 72.8 Å². The molecule has 9 aromatic carbocycles. The fourth-order valence-corrected chi connectivity index (χ4v) is 9.97. The molecule has 0 fully saturated rings.